The van der Waals surface area contributed by atoms with Gasteiger partial charge in [-0.25, -0.2) is 4.39 Å². The van der Waals surface area contributed by atoms with E-state index in [4.69, 9.17) is 0 Å². The van der Waals surface area contributed by atoms with Crippen molar-refractivity contribution in [3.8, 4) is 0 Å². The van der Waals surface area contributed by atoms with E-state index >= 15 is 0 Å². The number of benzene rings is 2. The lowest BCUT2D eigenvalue weighted by Gasteiger charge is -2.25. The van der Waals surface area contributed by atoms with E-state index < -0.39 is 0 Å². The minimum absolute atomic E-state index is 0.0209. The number of carbonyl (C=O) groups excluding carboxylic acids is 1. The van der Waals surface area contributed by atoms with Crippen LogP contribution in [0, 0.1) is 12.7 Å². The Hall–Kier alpha value is -2.67. The second-order valence-electron chi connectivity index (χ2n) is 7.19. The van der Waals surface area contributed by atoms with Gasteiger partial charge in [0.2, 0.25) is 5.91 Å². The van der Waals surface area contributed by atoms with E-state index in [1.54, 1.807) is 12.1 Å². The van der Waals surface area contributed by atoms with E-state index in [9.17, 15) is 9.18 Å². The number of aromatic nitrogens is 3. The maximum atomic E-state index is 13.2. The molecule has 1 aromatic heterocycles. The molecule has 1 amide bonds. The Bertz CT molecular complexity index is 974. The number of amides is 1. The van der Waals surface area contributed by atoms with Crippen molar-refractivity contribution in [1.82, 2.24) is 19.7 Å². The van der Waals surface area contributed by atoms with Crippen LogP contribution in [0.1, 0.15) is 35.8 Å². The number of hydrogen-bond donors (Lipinski definition) is 0. The molecule has 0 saturated carbocycles. The molecule has 7 heteroatoms. The highest BCUT2D eigenvalue weighted by Gasteiger charge is 2.30. The number of thioether (sulfide) groups is 1. The number of halogens is 1. The van der Waals surface area contributed by atoms with E-state index in [-0.39, 0.29) is 17.8 Å². The second-order valence-corrected chi connectivity index (χ2v) is 8.13. The quantitative estimate of drug-likeness (QED) is 0.571. The summed E-state index contributed by atoms with van der Waals surface area (Å²) in [5.41, 5.74) is 2.16. The van der Waals surface area contributed by atoms with Crippen molar-refractivity contribution in [2.45, 2.75) is 37.5 Å². The predicted molar refractivity (Wildman–Crippen MR) is 111 cm³/mol. The summed E-state index contributed by atoms with van der Waals surface area (Å²) in [5.74, 6) is 0.959. The zero-order valence-corrected chi connectivity index (χ0v) is 17.1. The fraction of sp³-hybridized carbons (Fsp3) is 0.318. The molecule has 1 aliphatic heterocycles. The molecule has 1 unspecified atom stereocenters. The monoisotopic (exact) mass is 410 g/mol. The molecule has 150 valence electrons. The van der Waals surface area contributed by atoms with Crippen molar-refractivity contribution in [2.24, 2.45) is 0 Å². The second kappa shape index (κ2) is 8.78. The van der Waals surface area contributed by atoms with Crippen molar-refractivity contribution >= 4 is 17.7 Å². The van der Waals surface area contributed by atoms with Crippen LogP contribution in [0.3, 0.4) is 0 Å². The minimum Gasteiger partial charge on any atom is -0.335 e. The van der Waals surface area contributed by atoms with Gasteiger partial charge in [-0.15, -0.1) is 10.2 Å². The molecule has 2 aromatic carbocycles. The highest BCUT2D eigenvalue weighted by Crippen LogP contribution is 2.33. The summed E-state index contributed by atoms with van der Waals surface area (Å²) in [7, 11) is 0. The fourth-order valence-electron chi connectivity index (χ4n) is 3.72. The number of hydrogen-bond acceptors (Lipinski definition) is 4. The molecule has 0 N–H and O–H groups in total. The zero-order chi connectivity index (χ0) is 20.2. The summed E-state index contributed by atoms with van der Waals surface area (Å²) >= 11 is 1.42. The Morgan fingerprint density at radius 3 is 2.66 bits per heavy atom. The molecule has 5 nitrogen and oxygen atoms in total. The van der Waals surface area contributed by atoms with E-state index in [1.165, 1.54) is 29.5 Å². The summed E-state index contributed by atoms with van der Waals surface area (Å²) in [4.78, 5) is 14.8. The predicted octanol–water partition coefficient (Wildman–Crippen LogP) is 4.23. The molecular formula is C22H23FN4OS. The molecule has 0 radical (unpaired) electrons. The van der Waals surface area contributed by atoms with Gasteiger partial charge in [0.05, 0.1) is 18.3 Å². The van der Waals surface area contributed by atoms with Gasteiger partial charge >= 0.3 is 0 Å². The summed E-state index contributed by atoms with van der Waals surface area (Å²) in [6, 6.07) is 16.6. The average Bonchev–Trinajstić information content (AvgIpc) is 3.36. The molecule has 0 spiro atoms. The van der Waals surface area contributed by atoms with E-state index in [2.05, 4.69) is 22.3 Å². The fourth-order valence-corrected chi connectivity index (χ4v) is 4.59. The van der Waals surface area contributed by atoms with E-state index in [0.717, 1.165) is 35.9 Å². The van der Waals surface area contributed by atoms with Crippen LogP contribution in [0.5, 0.6) is 0 Å². The van der Waals surface area contributed by atoms with Gasteiger partial charge < -0.3 is 9.47 Å². The van der Waals surface area contributed by atoms with Gasteiger partial charge in [0.25, 0.3) is 0 Å². The molecule has 29 heavy (non-hydrogen) atoms. The number of carbonyl (C=O) groups is 1. The maximum Gasteiger partial charge on any atom is 0.233 e. The third kappa shape index (κ3) is 4.50. The third-order valence-corrected chi connectivity index (χ3v) is 6.19. The highest BCUT2D eigenvalue weighted by molar-refractivity contribution is 7.99. The van der Waals surface area contributed by atoms with Gasteiger partial charge in [0.1, 0.15) is 11.6 Å². The maximum absolute atomic E-state index is 13.2. The minimum atomic E-state index is -0.256. The Kier molecular flexibility index (Phi) is 5.94. The van der Waals surface area contributed by atoms with Crippen LogP contribution in [0.25, 0.3) is 0 Å². The van der Waals surface area contributed by atoms with E-state index in [1.807, 2.05) is 34.6 Å². The lowest BCUT2D eigenvalue weighted by atomic mass is 10.0. The van der Waals surface area contributed by atoms with Crippen molar-refractivity contribution in [3.63, 3.8) is 0 Å². The zero-order valence-electron chi connectivity index (χ0n) is 16.3. The van der Waals surface area contributed by atoms with Crippen molar-refractivity contribution in [1.29, 1.82) is 0 Å². The van der Waals surface area contributed by atoms with Crippen molar-refractivity contribution < 1.29 is 9.18 Å². The van der Waals surface area contributed by atoms with Crippen molar-refractivity contribution in [2.75, 3.05) is 12.3 Å². The Morgan fingerprint density at radius 2 is 1.90 bits per heavy atom. The molecule has 1 saturated heterocycles. The Morgan fingerprint density at radius 1 is 1.14 bits per heavy atom. The first kappa shape index (κ1) is 19.6. The lowest BCUT2D eigenvalue weighted by molar-refractivity contribution is -0.129. The van der Waals surface area contributed by atoms with Gasteiger partial charge in [-0.1, -0.05) is 54.2 Å². The first-order chi connectivity index (χ1) is 14.1. The molecular weight excluding hydrogens is 387 g/mol. The topological polar surface area (TPSA) is 51.0 Å². The summed E-state index contributed by atoms with van der Waals surface area (Å²) in [5, 5.41) is 9.20. The highest BCUT2D eigenvalue weighted by atomic mass is 32.2. The molecule has 0 bridgehead atoms. The normalized spacial score (nSPS) is 16.3. The first-order valence-electron chi connectivity index (χ1n) is 9.73. The van der Waals surface area contributed by atoms with Crippen molar-refractivity contribution in [3.05, 3.63) is 77.4 Å². The van der Waals surface area contributed by atoms with Crippen LogP contribution >= 0.6 is 11.8 Å². The van der Waals surface area contributed by atoms with Crippen LogP contribution in [0.15, 0.2) is 59.8 Å². The molecule has 1 aliphatic rings. The van der Waals surface area contributed by atoms with Gasteiger partial charge in [-0.05, 0) is 43.0 Å². The third-order valence-electron chi connectivity index (χ3n) is 5.24. The van der Waals surface area contributed by atoms with Crippen LogP contribution in [-0.2, 0) is 11.3 Å². The standard InChI is InChI=1S/C22H23FN4OS/c1-16-24-25-22(27(16)14-17-6-3-2-4-7-17)29-15-21(28)26-13-5-8-20(26)18-9-11-19(23)12-10-18/h2-4,6-7,9-12,20H,5,8,13-15H2,1H3. The average molecular weight is 411 g/mol. The Labute approximate surface area is 173 Å². The molecule has 3 aromatic rings. The number of nitrogens with zero attached hydrogens (tertiary/aromatic N) is 4. The van der Waals surface area contributed by atoms with Gasteiger partial charge in [-0.3, -0.25) is 4.79 Å². The van der Waals surface area contributed by atoms with Crippen LogP contribution in [0.2, 0.25) is 0 Å². The van der Waals surface area contributed by atoms with Gasteiger partial charge in [0.15, 0.2) is 5.16 Å². The van der Waals surface area contributed by atoms with Crippen LogP contribution in [-0.4, -0.2) is 37.9 Å². The smallest absolute Gasteiger partial charge is 0.233 e. The molecule has 2 heterocycles. The molecule has 1 fully saturated rings. The number of likely N-dealkylation sites (tertiary alicyclic amines) is 1. The number of aryl methyl sites for hydroxylation is 1. The molecule has 1 atom stereocenters. The lowest BCUT2D eigenvalue weighted by Crippen LogP contribution is -2.32. The van der Waals surface area contributed by atoms with Gasteiger partial charge in [-0.2, -0.15) is 0 Å². The largest absolute Gasteiger partial charge is 0.335 e. The first-order valence-corrected chi connectivity index (χ1v) is 10.7. The Balaban J connectivity index is 1.42. The van der Waals surface area contributed by atoms with E-state index in [0.29, 0.717) is 12.3 Å². The van der Waals surface area contributed by atoms with Crippen LogP contribution in [0.4, 0.5) is 4.39 Å². The molecule has 4 rings (SSSR count). The van der Waals surface area contributed by atoms with Crippen LogP contribution < -0.4 is 0 Å². The van der Waals surface area contributed by atoms with Gasteiger partial charge in [0, 0.05) is 6.54 Å². The summed E-state index contributed by atoms with van der Waals surface area (Å²) in [6.45, 7) is 3.34. The molecule has 0 aliphatic carbocycles. The number of rotatable bonds is 6. The summed E-state index contributed by atoms with van der Waals surface area (Å²) < 4.78 is 15.3. The summed E-state index contributed by atoms with van der Waals surface area (Å²) in [6.07, 6.45) is 1.87. The SMILES string of the molecule is Cc1nnc(SCC(=O)N2CCCC2c2ccc(F)cc2)n1Cc1ccccc1.